The van der Waals surface area contributed by atoms with Crippen molar-refractivity contribution in [1.29, 1.82) is 0 Å². The molecule has 0 bridgehead atoms. The van der Waals surface area contributed by atoms with Crippen LogP contribution in [-0.2, 0) is 11.2 Å². The number of carbonyl (C=O) groups is 2. The number of carbonyl (C=O) groups excluding carboxylic acids is 2. The SMILES string of the molecule is CCCCc1ccc(NC(=O)c2ccc(OCC(=O)Nc3ccccc3C(C)C)cc2)cc1. The third kappa shape index (κ3) is 7.21. The highest BCUT2D eigenvalue weighted by Gasteiger charge is 2.11. The molecule has 0 aliphatic heterocycles. The third-order valence-electron chi connectivity index (χ3n) is 5.37. The summed E-state index contributed by atoms with van der Waals surface area (Å²) in [5, 5.41) is 5.81. The molecule has 0 saturated heterocycles. The van der Waals surface area contributed by atoms with E-state index < -0.39 is 0 Å². The zero-order valence-corrected chi connectivity index (χ0v) is 19.6. The molecule has 33 heavy (non-hydrogen) atoms. The summed E-state index contributed by atoms with van der Waals surface area (Å²) in [5.74, 6) is 0.414. The number of anilines is 2. The van der Waals surface area contributed by atoms with Crippen LogP contribution in [0, 0.1) is 0 Å². The second kappa shape index (κ2) is 11.9. The summed E-state index contributed by atoms with van der Waals surface area (Å²) in [6.07, 6.45) is 3.37. The van der Waals surface area contributed by atoms with Crippen LogP contribution < -0.4 is 15.4 Å². The summed E-state index contributed by atoms with van der Waals surface area (Å²) < 4.78 is 5.59. The summed E-state index contributed by atoms with van der Waals surface area (Å²) >= 11 is 0. The van der Waals surface area contributed by atoms with E-state index in [1.54, 1.807) is 24.3 Å². The van der Waals surface area contributed by atoms with Crippen LogP contribution in [-0.4, -0.2) is 18.4 Å². The number of unbranched alkanes of at least 4 members (excludes halogenated alkanes) is 1. The highest BCUT2D eigenvalue weighted by molar-refractivity contribution is 6.04. The molecule has 0 unspecified atom stereocenters. The molecule has 2 amide bonds. The Balaban J connectivity index is 1.50. The Morgan fingerprint density at radius 1 is 0.879 bits per heavy atom. The minimum Gasteiger partial charge on any atom is -0.484 e. The molecule has 0 aromatic heterocycles. The van der Waals surface area contributed by atoms with Crippen LogP contribution in [0.3, 0.4) is 0 Å². The van der Waals surface area contributed by atoms with Gasteiger partial charge in [-0.3, -0.25) is 9.59 Å². The fourth-order valence-corrected chi connectivity index (χ4v) is 3.49. The number of ether oxygens (including phenoxy) is 1. The van der Waals surface area contributed by atoms with Gasteiger partial charge in [0.15, 0.2) is 6.61 Å². The van der Waals surface area contributed by atoms with Gasteiger partial charge in [-0.15, -0.1) is 0 Å². The largest absolute Gasteiger partial charge is 0.484 e. The number of benzene rings is 3. The molecule has 5 nitrogen and oxygen atoms in total. The van der Waals surface area contributed by atoms with Crippen molar-refractivity contribution in [3.05, 3.63) is 89.5 Å². The number of aryl methyl sites for hydroxylation is 1. The highest BCUT2D eigenvalue weighted by atomic mass is 16.5. The summed E-state index contributed by atoms with van der Waals surface area (Å²) in [5.41, 5.74) is 4.43. The van der Waals surface area contributed by atoms with E-state index in [0.29, 0.717) is 17.2 Å². The lowest BCUT2D eigenvalue weighted by molar-refractivity contribution is -0.118. The molecule has 3 aromatic rings. The quantitative estimate of drug-likeness (QED) is 0.379. The van der Waals surface area contributed by atoms with Gasteiger partial charge >= 0.3 is 0 Å². The van der Waals surface area contributed by atoms with Crippen LogP contribution in [0.15, 0.2) is 72.8 Å². The lowest BCUT2D eigenvalue weighted by atomic mass is 10.0. The van der Waals surface area contributed by atoms with Crippen LogP contribution in [0.4, 0.5) is 11.4 Å². The Kier molecular flexibility index (Phi) is 8.64. The van der Waals surface area contributed by atoms with Crippen LogP contribution in [0.25, 0.3) is 0 Å². The van der Waals surface area contributed by atoms with Crippen molar-refractivity contribution in [3.8, 4) is 5.75 Å². The first kappa shape index (κ1) is 24.1. The van der Waals surface area contributed by atoms with Crippen molar-refractivity contribution in [2.45, 2.75) is 46.0 Å². The highest BCUT2D eigenvalue weighted by Crippen LogP contribution is 2.23. The van der Waals surface area contributed by atoms with E-state index in [4.69, 9.17) is 4.74 Å². The van der Waals surface area contributed by atoms with E-state index in [0.717, 1.165) is 36.2 Å². The smallest absolute Gasteiger partial charge is 0.262 e. The molecule has 0 radical (unpaired) electrons. The molecule has 0 aliphatic carbocycles. The zero-order valence-electron chi connectivity index (χ0n) is 19.6. The first-order valence-electron chi connectivity index (χ1n) is 11.5. The van der Waals surface area contributed by atoms with Crippen molar-refractivity contribution in [3.63, 3.8) is 0 Å². The summed E-state index contributed by atoms with van der Waals surface area (Å²) in [7, 11) is 0. The molecule has 0 aliphatic rings. The lowest BCUT2D eigenvalue weighted by Gasteiger charge is -2.14. The minimum absolute atomic E-state index is 0.109. The maximum Gasteiger partial charge on any atom is 0.262 e. The molecule has 172 valence electrons. The predicted octanol–water partition coefficient (Wildman–Crippen LogP) is 6.42. The standard InChI is InChI=1S/C28H32N2O3/c1-4-5-8-21-11-15-23(16-12-21)29-28(32)22-13-17-24(18-14-22)33-19-27(31)30-26-10-7-6-9-25(26)20(2)3/h6-7,9-18,20H,4-5,8,19H2,1-3H3,(H,29,32)(H,30,31). The zero-order chi connectivity index (χ0) is 23.6. The molecule has 0 saturated carbocycles. The normalized spacial score (nSPS) is 10.7. The summed E-state index contributed by atoms with van der Waals surface area (Å²) in [6, 6.07) is 22.5. The fourth-order valence-electron chi connectivity index (χ4n) is 3.49. The first-order chi connectivity index (χ1) is 16.0. The number of hydrogen-bond acceptors (Lipinski definition) is 3. The van der Waals surface area contributed by atoms with Gasteiger partial charge in [0.25, 0.3) is 11.8 Å². The maximum absolute atomic E-state index is 12.5. The number of hydrogen-bond donors (Lipinski definition) is 2. The number of nitrogens with one attached hydrogen (secondary N) is 2. The van der Waals surface area contributed by atoms with Crippen LogP contribution >= 0.6 is 0 Å². The molecule has 0 fully saturated rings. The Hall–Kier alpha value is -3.60. The van der Waals surface area contributed by atoms with Crippen molar-refractivity contribution in [1.82, 2.24) is 0 Å². The van der Waals surface area contributed by atoms with Gasteiger partial charge in [0, 0.05) is 16.9 Å². The number of amides is 2. The molecule has 2 N–H and O–H groups in total. The number of rotatable bonds is 10. The molecule has 0 spiro atoms. The van der Waals surface area contributed by atoms with E-state index in [1.165, 1.54) is 5.56 Å². The molecule has 5 heteroatoms. The van der Waals surface area contributed by atoms with Gasteiger partial charge in [0.2, 0.25) is 0 Å². The van der Waals surface area contributed by atoms with E-state index in [2.05, 4.69) is 31.4 Å². The van der Waals surface area contributed by atoms with Crippen LogP contribution in [0.1, 0.15) is 61.0 Å². The molecular weight excluding hydrogens is 412 g/mol. The van der Waals surface area contributed by atoms with Gasteiger partial charge < -0.3 is 15.4 Å². The van der Waals surface area contributed by atoms with E-state index in [9.17, 15) is 9.59 Å². The van der Waals surface area contributed by atoms with Gasteiger partial charge in [-0.2, -0.15) is 0 Å². The second-order valence-electron chi connectivity index (χ2n) is 8.36. The number of para-hydroxylation sites is 1. The Morgan fingerprint density at radius 2 is 1.58 bits per heavy atom. The van der Waals surface area contributed by atoms with Crippen molar-refractivity contribution in [2.75, 3.05) is 17.2 Å². The van der Waals surface area contributed by atoms with Crippen molar-refractivity contribution < 1.29 is 14.3 Å². The first-order valence-corrected chi connectivity index (χ1v) is 11.5. The molecule has 0 atom stereocenters. The average molecular weight is 445 g/mol. The Labute approximate surface area is 196 Å². The van der Waals surface area contributed by atoms with Gasteiger partial charge in [-0.1, -0.05) is 57.5 Å². The second-order valence-corrected chi connectivity index (χ2v) is 8.36. The van der Waals surface area contributed by atoms with Crippen LogP contribution in [0.2, 0.25) is 0 Å². The third-order valence-corrected chi connectivity index (χ3v) is 5.37. The van der Waals surface area contributed by atoms with Gasteiger partial charge in [-0.05, 0) is 72.4 Å². The van der Waals surface area contributed by atoms with Gasteiger partial charge in [-0.25, -0.2) is 0 Å². The van der Waals surface area contributed by atoms with Gasteiger partial charge in [0.1, 0.15) is 5.75 Å². The molecule has 3 rings (SSSR count). The van der Waals surface area contributed by atoms with E-state index in [-0.39, 0.29) is 18.4 Å². The Morgan fingerprint density at radius 3 is 2.24 bits per heavy atom. The minimum atomic E-state index is -0.229. The fraction of sp³-hybridized carbons (Fsp3) is 0.286. The topological polar surface area (TPSA) is 67.4 Å². The predicted molar refractivity (Wildman–Crippen MR) is 134 cm³/mol. The molecule has 0 heterocycles. The lowest BCUT2D eigenvalue weighted by Crippen LogP contribution is -2.21. The van der Waals surface area contributed by atoms with Crippen molar-refractivity contribution in [2.24, 2.45) is 0 Å². The Bertz CT molecular complexity index is 1060. The van der Waals surface area contributed by atoms with Gasteiger partial charge in [0.05, 0.1) is 0 Å². The average Bonchev–Trinajstić information content (AvgIpc) is 2.83. The van der Waals surface area contributed by atoms with Crippen LogP contribution in [0.5, 0.6) is 5.75 Å². The maximum atomic E-state index is 12.5. The van der Waals surface area contributed by atoms with E-state index >= 15 is 0 Å². The molecular formula is C28H32N2O3. The monoisotopic (exact) mass is 444 g/mol. The van der Waals surface area contributed by atoms with Crippen molar-refractivity contribution >= 4 is 23.2 Å². The summed E-state index contributed by atoms with van der Waals surface area (Å²) in [4.78, 5) is 24.8. The van der Waals surface area contributed by atoms with E-state index in [1.807, 2.05) is 48.5 Å². The summed E-state index contributed by atoms with van der Waals surface area (Å²) in [6.45, 7) is 6.23. The molecule has 3 aromatic carbocycles.